The Morgan fingerprint density at radius 3 is 1.81 bits per heavy atom. The van der Waals surface area contributed by atoms with Crippen molar-refractivity contribution in [2.24, 2.45) is 0 Å². The zero-order chi connectivity index (χ0) is 18.9. The minimum absolute atomic E-state index is 0.175. The summed E-state index contributed by atoms with van der Waals surface area (Å²) >= 11 is 0. The smallest absolute Gasteiger partial charge is 0.274 e. The second-order valence-corrected chi connectivity index (χ2v) is 6.16. The van der Waals surface area contributed by atoms with Crippen molar-refractivity contribution in [3.05, 3.63) is 71.8 Å². The third-order valence-electron chi connectivity index (χ3n) is 3.66. The first-order valence-corrected chi connectivity index (χ1v) is 8.35. The Hall–Kier alpha value is -1.92. The third-order valence-corrected chi connectivity index (χ3v) is 3.66. The van der Waals surface area contributed by atoms with Gasteiger partial charge in [0.05, 0.1) is 13.2 Å². The van der Waals surface area contributed by atoms with Crippen LogP contribution in [0.3, 0.4) is 0 Å². The highest BCUT2D eigenvalue weighted by Gasteiger charge is 2.34. The number of hydrogen-bond donors (Lipinski definition) is 0. The monoisotopic (exact) mass is 370 g/mol. The molecule has 0 amide bonds. The van der Waals surface area contributed by atoms with Crippen LogP contribution in [0, 0.1) is 0 Å². The Balaban J connectivity index is 1.65. The van der Waals surface area contributed by atoms with Gasteiger partial charge in [-0.05, 0) is 11.1 Å². The van der Waals surface area contributed by atoms with Crippen LogP contribution in [0.25, 0.3) is 0 Å². The van der Waals surface area contributed by atoms with Crippen LogP contribution < -0.4 is 0 Å². The molecule has 0 aliphatic heterocycles. The summed E-state index contributed by atoms with van der Waals surface area (Å²) in [5.74, 6) is -6.40. The van der Waals surface area contributed by atoms with E-state index in [0.29, 0.717) is 5.56 Å². The lowest BCUT2D eigenvalue weighted by Crippen LogP contribution is -2.32. The predicted molar refractivity (Wildman–Crippen MR) is 91.6 cm³/mol. The van der Waals surface area contributed by atoms with E-state index in [1.165, 1.54) is 0 Å². The van der Waals surface area contributed by atoms with Gasteiger partial charge in [-0.25, -0.2) is 17.6 Å². The average Bonchev–Trinajstić information content (AvgIpc) is 2.60. The molecular weight excluding hydrogens is 348 g/mol. The van der Waals surface area contributed by atoms with Gasteiger partial charge in [0.1, 0.15) is 13.2 Å². The van der Waals surface area contributed by atoms with Crippen molar-refractivity contribution in [2.45, 2.75) is 31.3 Å². The van der Waals surface area contributed by atoms with Crippen LogP contribution in [0.4, 0.5) is 17.6 Å². The Morgan fingerprint density at radius 1 is 0.654 bits per heavy atom. The zero-order valence-corrected chi connectivity index (χ0v) is 14.3. The first kappa shape index (κ1) is 20.4. The molecule has 0 aliphatic rings. The lowest BCUT2D eigenvalue weighted by Gasteiger charge is -2.20. The summed E-state index contributed by atoms with van der Waals surface area (Å²) in [6, 6.07) is 17.3. The van der Waals surface area contributed by atoms with E-state index in [2.05, 4.69) is 4.74 Å². The summed E-state index contributed by atoms with van der Waals surface area (Å²) in [7, 11) is 0. The molecule has 0 aromatic heterocycles. The predicted octanol–water partition coefficient (Wildman–Crippen LogP) is 5.12. The van der Waals surface area contributed by atoms with Crippen molar-refractivity contribution in [3.8, 4) is 0 Å². The number of alkyl halides is 4. The highest BCUT2D eigenvalue weighted by atomic mass is 19.3. The van der Waals surface area contributed by atoms with E-state index in [4.69, 9.17) is 4.74 Å². The SMILES string of the molecule is FC(F)(CCOCc1ccccc1)COCC(F)(F)Cc1ccccc1. The molecule has 0 aliphatic carbocycles. The van der Waals surface area contributed by atoms with Gasteiger partial charge in [-0.15, -0.1) is 0 Å². The van der Waals surface area contributed by atoms with Crippen molar-refractivity contribution < 1.29 is 27.0 Å². The molecule has 0 unspecified atom stereocenters. The van der Waals surface area contributed by atoms with E-state index in [9.17, 15) is 17.6 Å². The van der Waals surface area contributed by atoms with E-state index in [1.54, 1.807) is 30.3 Å². The second-order valence-electron chi connectivity index (χ2n) is 6.16. The molecule has 0 spiro atoms. The lowest BCUT2D eigenvalue weighted by molar-refractivity contribution is -0.136. The molecule has 2 aromatic rings. The van der Waals surface area contributed by atoms with Gasteiger partial charge in [0.25, 0.3) is 11.8 Å². The molecule has 0 radical (unpaired) electrons. The Kier molecular flexibility index (Phi) is 7.60. The first-order valence-electron chi connectivity index (χ1n) is 8.35. The minimum Gasteiger partial charge on any atom is -0.377 e. The summed E-state index contributed by atoms with van der Waals surface area (Å²) in [5, 5.41) is 0. The van der Waals surface area contributed by atoms with Crippen molar-refractivity contribution in [1.82, 2.24) is 0 Å². The van der Waals surface area contributed by atoms with E-state index in [-0.39, 0.29) is 13.2 Å². The van der Waals surface area contributed by atoms with Gasteiger partial charge in [0.2, 0.25) is 0 Å². The maximum Gasteiger partial charge on any atom is 0.274 e. The molecule has 0 saturated carbocycles. The molecule has 26 heavy (non-hydrogen) atoms. The lowest BCUT2D eigenvalue weighted by atomic mass is 10.1. The highest BCUT2D eigenvalue weighted by Crippen LogP contribution is 2.23. The van der Waals surface area contributed by atoms with Crippen LogP contribution in [0.1, 0.15) is 17.5 Å². The molecule has 0 N–H and O–H groups in total. The Bertz CT molecular complexity index is 633. The fraction of sp³-hybridized carbons (Fsp3) is 0.400. The zero-order valence-electron chi connectivity index (χ0n) is 14.3. The summed E-state index contributed by atoms with van der Waals surface area (Å²) in [4.78, 5) is 0. The summed E-state index contributed by atoms with van der Waals surface area (Å²) < 4.78 is 64.8. The molecule has 0 bridgehead atoms. The fourth-order valence-corrected chi connectivity index (χ4v) is 2.35. The van der Waals surface area contributed by atoms with Crippen molar-refractivity contribution in [2.75, 3.05) is 19.8 Å². The number of hydrogen-bond acceptors (Lipinski definition) is 2. The van der Waals surface area contributed by atoms with Crippen LogP contribution >= 0.6 is 0 Å². The quantitative estimate of drug-likeness (QED) is 0.404. The summed E-state index contributed by atoms with van der Waals surface area (Å²) in [5.41, 5.74) is 1.31. The molecule has 0 atom stereocenters. The van der Waals surface area contributed by atoms with E-state index in [1.807, 2.05) is 30.3 Å². The van der Waals surface area contributed by atoms with Crippen LogP contribution in [0.15, 0.2) is 60.7 Å². The van der Waals surface area contributed by atoms with Crippen LogP contribution in [0.5, 0.6) is 0 Å². The first-order chi connectivity index (χ1) is 12.4. The largest absolute Gasteiger partial charge is 0.377 e. The van der Waals surface area contributed by atoms with Gasteiger partial charge in [0.15, 0.2) is 0 Å². The van der Waals surface area contributed by atoms with E-state index >= 15 is 0 Å². The normalized spacial score (nSPS) is 12.3. The van der Waals surface area contributed by atoms with Gasteiger partial charge in [-0.3, -0.25) is 0 Å². The van der Waals surface area contributed by atoms with Gasteiger partial charge in [-0.1, -0.05) is 60.7 Å². The molecule has 2 nitrogen and oxygen atoms in total. The maximum atomic E-state index is 13.8. The van der Waals surface area contributed by atoms with Crippen LogP contribution in [-0.2, 0) is 22.5 Å². The van der Waals surface area contributed by atoms with Gasteiger partial charge in [0, 0.05) is 12.8 Å². The molecular formula is C20H22F4O2. The van der Waals surface area contributed by atoms with Gasteiger partial charge in [-0.2, -0.15) is 0 Å². The molecule has 0 saturated heterocycles. The van der Waals surface area contributed by atoms with Crippen molar-refractivity contribution in [1.29, 1.82) is 0 Å². The minimum atomic E-state index is -3.21. The van der Waals surface area contributed by atoms with Crippen LogP contribution in [0.2, 0.25) is 0 Å². The molecule has 6 heteroatoms. The number of benzene rings is 2. The highest BCUT2D eigenvalue weighted by molar-refractivity contribution is 5.16. The molecule has 2 aromatic carbocycles. The average molecular weight is 370 g/mol. The topological polar surface area (TPSA) is 18.5 Å². The van der Waals surface area contributed by atoms with Gasteiger partial charge >= 0.3 is 0 Å². The number of rotatable bonds is 11. The van der Waals surface area contributed by atoms with Crippen molar-refractivity contribution in [3.63, 3.8) is 0 Å². The number of halogens is 4. The fourth-order valence-electron chi connectivity index (χ4n) is 2.35. The van der Waals surface area contributed by atoms with Gasteiger partial charge < -0.3 is 9.47 Å². The second kappa shape index (κ2) is 9.69. The number of ether oxygens (including phenoxy) is 2. The summed E-state index contributed by atoms with van der Waals surface area (Å²) in [6.07, 6.45) is -1.12. The molecule has 2 rings (SSSR count). The van der Waals surface area contributed by atoms with E-state index in [0.717, 1.165) is 5.56 Å². The Labute approximate surface area is 150 Å². The van der Waals surface area contributed by atoms with E-state index < -0.39 is 37.9 Å². The van der Waals surface area contributed by atoms with Crippen molar-refractivity contribution >= 4 is 0 Å². The molecule has 0 fully saturated rings. The Morgan fingerprint density at radius 2 is 1.19 bits per heavy atom. The third kappa shape index (κ3) is 7.97. The maximum absolute atomic E-state index is 13.8. The molecule has 142 valence electrons. The summed E-state index contributed by atoms with van der Waals surface area (Å²) in [6.45, 7) is -2.03. The molecule has 0 heterocycles. The standard InChI is InChI=1S/C20H22F4O2/c21-19(22,11-12-25-14-18-9-5-2-6-10-18)15-26-16-20(23,24)13-17-7-3-1-4-8-17/h1-10H,11-16H2. The van der Waals surface area contributed by atoms with Crippen LogP contribution in [-0.4, -0.2) is 31.7 Å².